The van der Waals surface area contributed by atoms with E-state index < -0.39 is 11.6 Å². The molecule has 0 saturated heterocycles. The van der Waals surface area contributed by atoms with Crippen molar-refractivity contribution in [2.45, 2.75) is 39.2 Å². The van der Waals surface area contributed by atoms with Gasteiger partial charge in [-0.1, -0.05) is 18.3 Å². The summed E-state index contributed by atoms with van der Waals surface area (Å²) < 4.78 is 5.39. The maximum absolute atomic E-state index is 11.8. The lowest BCUT2D eigenvalue weighted by Crippen LogP contribution is -2.40. The van der Waals surface area contributed by atoms with Crippen LogP contribution in [0, 0.1) is 6.92 Å². The van der Waals surface area contributed by atoms with Crippen LogP contribution in [-0.4, -0.2) is 27.9 Å². The van der Waals surface area contributed by atoms with Crippen LogP contribution < -0.4 is 10.6 Å². The molecule has 2 aromatic rings. The van der Waals surface area contributed by atoms with E-state index >= 15 is 0 Å². The molecular formula is C14H20N4O3S. The lowest BCUT2D eigenvalue weighted by Gasteiger charge is -2.21. The summed E-state index contributed by atoms with van der Waals surface area (Å²) in [6.45, 7) is 5.45. The summed E-state index contributed by atoms with van der Waals surface area (Å²) in [5.74, 6) is 1.11. The number of furan rings is 1. The minimum absolute atomic E-state index is 0.0202. The first kappa shape index (κ1) is 16.4. The average Bonchev–Trinajstić information content (AvgIpc) is 3.07. The Morgan fingerprint density at radius 3 is 2.86 bits per heavy atom. The lowest BCUT2D eigenvalue weighted by atomic mass is 10.0. The number of rotatable bonds is 6. The zero-order chi connectivity index (χ0) is 16.2. The zero-order valence-electron chi connectivity index (χ0n) is 12.8. The van der Waals surface area contributed by atoms with Crippen LogP contribution in [-0.2, 0) is 12.0 Å². The first-order valence-electron chi connectivity index (χ1n) is 7.07. The first-order chi connectivity index (χ1) is 10.4. The van der Waals surface area contributed by atoms with Crippen LogP contribution in [0.25, 0.3) is 0 Å². The van der Waals surface area contributed by atoms with E-state index in [0.717, 1.165) is 17.8 Å². The average molecular weight is 324 g/mol. The highest BCUT2D eigenvalue weighted by Crippen LogP contribution is 2.22. The number of carbonyl (C=O) groups excluding carboxylic acids is 1. The van der Waals surface area contributed by atoms with E-state index in [-0.39, 0.29) is 6.54 Å². The molecule has 8 heteroatoms. The molecule has 2 amide bonds. The Hall–Kier alpha value is -1.93. The van der Waals surface area contributed by atoms with Gasteiger partial charge >= 0.3 is 6.03 Å². The second-order valence-electron chi connectivity index (χ2n) is 5.24. The molecule has 0 spiro atoms. The van der Waals surface area contributed by atoms with Crippen LogP contribution >= 0.6 is 11.3 Å². The fourth-order valence-corrected chi connectivity index (χ4v) is 2.66. The Kier molecular flexibility index (Phi) is 5.15. The Labute approximate surface area is 132 Å². The van der Waals surface area contributed by atoms with E-state index in [1.54, 1.807) is 26.0 Å². The van der Waals surface area contributed by atoms with Gasteiger partial charge < -0.3 is 14.8 Å². The van der Waals surface area contributed by atoms with Crippen molar-refractivity contribution in [2.24, 2.45) is 0 Å². The van der Waals surface area contributed by atoms with Gasteiger partial charge in [0, 0.05) is 6.42 Å². The molecule has 120 valence electrons. The molecule has 0 fully saturated rings. The minimum atomic E-state index is -1.28. The van der Waals surface area contributed by atoms with Crippen LogP contribution in [0.3, 0.4) is 0 Å². The number of anilines is 1. The van der Waals surface area contributed by atoms with E-state index in [4.69, 9.17) is 4.42 Å². The number of amides is 2. The number of nitrogens with one attached hydrogen (secondary N) is 2. The third-order valence-corrected chi connectivity index (χ3v) is 3.91. The number of aromatic nitrogens is 2. The molecule has 0 aromatic carbocycles. The molecule has 0 aliphatic heterocycles. The largest absolute Gasteiger partial charge is 0.463 e. The summed E-state index contributed by atoms with van der Waals surface area (Å²) in [5, 5.41) is 24.7. The van der Waals surface area contributed by atoms with Crippen molar-refractivity contribution in [1.29, 1.82) is 0 Å². The van der Waals surface area contributed by atoms with Crippen molar-refractivity contribution in [2.75, 3.05) is 11.9 Å². The van der Waals surface area contributed by atoms with Gasteiger partial charge in [-0.25, -0.2) is 4.79 Å². The van der Waals surface area contributed by atoms with E-state index in [2.05, 4.69) is 27.8 Å². The second kappa shape index (κ2) is 6.89. The molecule has 0 aliphatic rings. The fraction of sp³-hybridized carbons (Fsp3) is 0.500. The second-order valence-corrected chi connectivity index (χ2v) is 6.30. The smallest absolute Gasteiger partial charge is 0.321 e. The van der Waals surface area contributed by atoms with E-state index in [0.29, 0.717) is 16.7 Å². The van der Waals surface area contributed by atoms with Crippen molar-refractivity contribution >= 4 is 22.5 Å². The SMILES string of the molecule is CCCc1nnc(NC(=O)NCC(C)(O)c2ccc(C)o2)s1. The lowest BCUT2D eigenvalue weighted by molar-refractivity contribution is 0.0364. The third-order valence-electron chi connectivity index (χ3n) is 3.02. The van der Waals surface area contributed by atoms with Gasteiger partial charge in [0.1, 0.15) is 22.1 Å². The molecule has 2 rings (SSSR count). The molecule has 1 atom stereocenters. The Balaban J connectivity index is 1.86. The number of urea groups is 1. The molecule has 7 nitrogen and oxygen atoms in total. The van der Waals surface area contributed by atoms with Gasteiger partial charge in [0.15, 0.2) is 0 Å². The van der Waals surface area contributed by atoms with Crippen molar-refractivity contribution < 1.29 is 14.3 Å². The van der Waals surface area contributed by atoms with Gasteiger partial charge in [-0.2, -0.15) is 0 Å². The highest BCUT2D eigenvalue weighted by molar-refractivity contribution is 7.15. The van der Waals surface area contributed by atoms with E-state index in [1.165, 1.54) is 11.3 Å². The first-order valence-corrected chi connectivity index (χ1v) is 7.89. The molecule has 0 saturated carbocycles. The monoisotopic (exact) mass is 324 g/mol. The topological polar surface area (TPSA) is 100 Å². The quantitative estimate of drug-likeness (QED) is 0.757. The number of aryl methyl sites for hydroxylation is 2. The molecule has 2 aromatic heterocycles. The molecular weight excluding hydrogens is 304 g/mol. The summed E-state index contributed by atoms with van der Waals surface area (Å²) in [7, 11) is 0. The van der Waals surface area contributed by atoms with Crippen LogP contribution in [0.2, 0.25) is 0 Å². The maximum Gasteiger partial charge on any atom is 0.321 e. The molecule has 3 N–H and O–H groups in total. The maximum atomic E-state index is 11.8. The number of nitrogens with zero attached hydrogens (tertiary/aromatic N) is 2. The predicted octanol–water partition coefficient (Wildman–Crippen LogP) is 2.42. The van der Waals surface area contributed by atoms with Gasteiger partial charge in [-0.3, -0.25) is 5.32 Å². The van der Waals surface area contributed by atoms with Gasteiger partial charge in [0.05, 0.1) is 6.54 Å². The molecule has 0 radical (unpaired) electrons. The molecule has 0 aliphatic carbocycles. The summed E-state index contributed by atoms with van der Waals surface area (Å²) in [5.41, 5.74) is -1.28. The van der Waals surface area contributed by atoms with Crippen LogP contribution in [0.5, 0.6) is 0 Å². The summed E-state index contributed by atoms with van der Waals surface area (Å²) in [4.78, 5) is 11.8. The van der Waals surface area contributed by atoms with Crippen molar-refractivity contribution in [3.8, 4) is 0 Å². The minimum Gasteiger partial charge on any atom is -0.463 e. The molecule has 0 bridgehead atoms. The van der Waals surface area contributed by atoms with Crippen molar-refractivity contribution in [3.63, 3.8) is 0 Å². The van der Waals surface area contributed by atoms with Gasteiger partial charge in [0.2, 0.25) is 5.13 Å². The summed E-state index contributed by atoms with van der Waals surface area (Å²) >= 11 is 1.34. The highest BCUT2D eigenvalue weighted by atomic mass is 32.1. The summed E-state index contributed by atoms with van der Waals surface area (Å²) in [6, 6.07) is 3.01. The Morgan fingerprint density at radius 2 is 2.23 bits per heavy atom. The van der Waals surface area contributed by atoms with E-state index in [1.807, 2.05) is 0 Å². The normalized spacial score (nSPS) is 13.6. The van der Waals surface area contributed by atoms with Crippen LogP contribution in [0.15, 0.2) is 16.5 Å². The van der Waals surface area contributed by atoms with Gasteiger partial charge in [-0.15, -0.1) is 10.2 Å². The Morgan fingerprint density at radius 1 is 1.45 bits per heavy atom. The number of aliphatic hydroxyl groups is 1. The molecule has 1 unspecified atom stereocenters. The fourth-order valence-electron chi connectivity index (χ4n) is 1.82. The zero-order valence-corrected chi connectivity index (χ0v) is 13.7. The van der Waals surface area contributed by atoms with Crippen LogP contribution in [0.1, 0.15) is 36.8 Å². The summed E-state index contributed by atoms with van der Waals surface area (Å²) in [6.07, 6.45) is 1.82. The highest BCUT2D eigenvalue weighted by Gasteiger charge is 2.27. The predicted molar refractivity (Wildman–Crippen MR) is 83.9 cm³/mol. The third kappa shape index (κ3) is 4.28. The standard InChI is InChI=1S/C14H20N4O3S/c1-4-5-11-17-18-13(22-11)16-12(19)15-8-14(3,20)10-7-6-9(2)21-10/h6-7,20H,4-5,8H2,1-3H3,(H2,15,16,18,19). The van der Waals surface area contributed by atoms with Gasteiger partial charge in [-0.05, 0) is 32.4 Å². The van der Waals surface area contributed by atoms with Crippen molar-refractivity contribution in [3.05, 3.63) is 28.7 Å². The number of hydrogen-bond acceptors (Lipinski definition) is 6. The number of carbonyl (C=O) groups is 1. The molecule has 22 heavy (non-hydrogen) atoms. The Bertz CT molecular complexity index is 636. The van der Waals surface area contributed by atoms with Gasteiger partial charge in [0.25, 0.3) is 0 Å². The molecule has 2 heterocycles. The van der Waals surface area contributed by atoms with E-state index in [9.17, 15) is 9.90 Å². The van der Waals surface area contributed by atoms with Crippen LogP contribution in [0.4, 0.5) is 9.93 Å². The van der Waals surface area contributed by atoms with Crippen molar-refractivity contribution in [1.82, 2.24) is 15.5 Å². The number of hydrogen-bond donors (Lipinski definition) is 3.